The predicted octanol–water partition coefficient (Wildman–Crippen LogP) is 4.40. The molecule has 0 bridgehead atoms. The third-order valence-corrected chi connectivity index (χ3v) is 6.83. The Balaban J connectivity index is 1.98. The van der Waals surface area contributed by atoms with Crippen molar-refractivity contribution in [3.05, 3.63) is 87.4 Å². The molecule has 0 saturated heterocycles. The zero-order valence-electron chi connectivity index (χ0n) is 17.7. The number of benzene rings is 3. The number of anilines is 2. The molecule has 1 amide bonds. The molecule has 0 aliphatic rings. The second-order valence-corrected chi connectivity index (χ2v) is 9.22. The number of hydrogen-bond donors (Lipinski definition) is 1. The second-order valence-electron chi connectivity index (χ2n) is 6.95. The number of sulfonamides is 1. The lowest BCUT2D eigenvalue weighted by Crippen LogP contribution is -2.38. The van der Waals surface area contributed by atoms with Crippen LogP contribution in [-0.2, 0) is 14.8 Å². The molecule has 9 nitrogen and oxygen atoms in total. The molecule has 0 saturated carbocycles. The third-order valence-electron chi connectivity index (χ3n) is 4.75. The fraction of sp³-hybridized carbons (Fsp3) is 0.136. The van der Waals surface area contributed by atoms with Crippen LogP contribution in [0, 0.1) is 17.0 Å². The highest BCUT2D eigenvalue weighted by Crippen LogP contribution is 2.32. The van der Waals surface area contributed by atoms with Gasteiger partial charge >= 0.3 is 0 Å². The number of halogens is 1. The van der Waals surface area contributed by atoms with E-state index in [1.54, 1.807) is 25.1 Å². The van der Waals surface area contributed by atoms with Crippen LogP contribution in [0.15, 0.2) is 71.6 Å². The maximum absolute atomic E-state index is 13.4. The van der Waals surface area contributed by atoms with Crippen LogP contribution < -0.4 is 14.4 Å². The van der Waals surface area contributed by atoms with Crippen molar-refractivity contribution < 1.29 is 22.9 Å². The Hall–Kier alpha value is -3.63. The molecule has 33 heavy (non-hydrogen) atoms. The lowest BCUT2D eigenvalue weighted by atomic mass is 10.2. The quantitative estimate of drug-likeness (QED) is 0.370. The Morgan fingerprint density at radius 1 is 1.12 bits per heavy atom. The minimum absolute atomic E-state index is 0.0173. The van der Waals surface area contributed by atoms with Crippen LogP contribution in [-0.4, -0.2) is 32.9 Å². The van der Waals surface area contributed by atoms with E-state index in [0.29, 0.717) is 11.3 Å². The first-order valence-corrected chi connectivity index (χ1v) is 11.4. The van der Waals surface area contributed by atoms with E-state index in [-0.39, 0.29) is 27.0 Å². The van der Waals surface area contributed by atoms with Crippen molar-refractivity contribution >= 4 is 44.6 Å². The first-order chi connectivity index (χ1) is 15.6. The van der Waals surface area contributed by atoms with Crippen LogP contribution >= 0.6 is 11.6 Å². The van der Waals surface area contributed by atoms with Crippen LogP contribution in [0.1, 0.15) is 5.56 Å². The van der Waals surface area contributed by atoms with Gasteiger partial charge in [-0.15, -0.1) is 0 Å². The lowest BCUT2D eigenvalue weighted by molar-refractivity contribution is -0.384. The zero-order valence-corrected chi connectivity index (χ0v) is 19.3. The molecule has 3 aromatic rings. The molecule has 0 aromatic heterocycles. The number of rotatable bonds is 8. The van der Waals surface area contributed by atoms with Crippen molar-refractivity contribution in [1.29, 1.82) is 0 Å². The minimum atomic E-state index is -4.14. The van der Waals surface area contributed by atoms with E-state index in [2.05, 4.69) is 5.32 Å². The number of carbonyl (C=O) groups excluding carboxylic acids is 1. The largest absolute Gasteiger partial charge is 0.495 e. The molecule has 3 aromatic carbocycles. The predicted molar refractivity (Wildman–Crippen MR) is 125 cm³/mol. The van der Waals surface area contributed by atoms with Crippen LogP contribution in [0.2, 0.25) is 5.02 Å². The first kappa shape index (κ1) is 24.0. The summed E-state index contributed by atoms with van der Waals surface area (Å²) in [6.07, 6.45) is 0. The highest BCUT2D eigenvalue weighted by Gasteiger charge is 2.28. The van der Waals surface area contributed by atoms with Gasteiger partial charge in [0.25, 0.3) is 15.7 Å². The summed E-state index contributed by atoms with van der Waals surface area (Å²) < 4.78 is 32.8. The summed E-state index contributed by atoms with van der Waals surface area (Å²) in [5, 5.41) is 13.8. The normalized spacial score (nSPS) is 11.0. The van der Waals surface area contributed by atoms with E-state index in [1.165, 1.54) is 55.6 Å². The van der Waals surface area contributed by atoms with E-state index < -0.39 is 27.4 Å². The van der Waals surface area contributed by atoms with Gasteiger partial charge in [0, 0.05) is 12.1 Å². The number of carbonyl (C=O) groups is 1. The lowest BCUT2D eigenvalue weighted by Gasteiger charge is -2.24. The average Bonchev–Trinajstić information content (AvgIpc) is 2.79. The van der Waals surface area contributed by atoms with Gasteiger partial charge in [-0.25, -0.2) is 8.42 Å². The van der Waals surface area contributed by atoms with Gasteiger partial charge in [0.05, 0.1) is 33.3 Å². The zero-order chi connectivity index (χ0) is 24.2. The van der Waals surface area contributed by atoms with E-state index in [1.807, 2.05) is 0 Å². The molecule has 0 radical (unpaired) electrons. The highest BCUT2D eigenvalue weighted by molar-refractivity contribution is 7.92. The molecule has 0 aliphatic heterocycles. The Labute approximate surface area is 195 Å². The maximum Gasteiger partial charge on any atom is 0.271 e. The van der Waals surface area contributed by atoms with E-state index >= 15 is 0 Å². The molecule has 11 heteroatoms. The van der Waals surface area contributed by atoms with Gasteiger partial charge in [-0.1, -0.05) is 35.9 Å². The van der Waals surface area contributed by atoms with Gasteiger partial charge in [0.1, 0.15) is 12.3 Å². The van der Waals surface area contributed by atoms with Gasteiger partial charge in [0.2, 0.25) is 5.91 Å². The molecule has 0 unspecified atom stereocenters. The van der Waals surface area contributed by atoms with Crippen LogP contribution in [0.25, 0.3) is 0 Å². The van der Waals surface area contributed by atoms with Crippen molar-refractivity contribution in [2.45, 2.75) is 11.8 Å². The monoisotopic (exact) mass is 489 g/mol. The SMILES string of the molecule is COc1ccc(N(CC(=O)Nc2cc([N+](=O)[O-])ccc2C)S(=O)(=O)c2ccccc2)cc1Cl. The molecule has 1 N–H and O–H groups in total. The first-order valence-electron chi connectivity index (χ1n) is 9.59. The molecule has 172 valence electrons. The fourth-order valence-corrected chi connectivity index (χ4v) is 4.71. The van der Waals surface area contributed by atoms with Gasteiger partial charge < -0.3 is 10.1 Å². The van der Waals surface area contributed by atoms with Crippen molar-refractivity contribution in [3.8, 4) is 5.75 Å². The molecule has 0 spiro atoms. The Bertz CT molecular complexity index is 1300. The molecular weight excluding hydrogens is 470 g/mol. The molecule has 0 aliphatic carbocycles. The highest BCUT2D eigenvalue weighted by atomic mass is 35.5. The summed E-state index contributed by atoms with van der Waals surface area (Å²) >= 11 is 6.19. The van der Waals surface area contributed by atoms with Gasteiger partial charge in [-0.3, -0.25) is 19.2 Å². The number of nitrogens with zero attached hydrogens (tertiary/aromatic N) is 2. The van der Waals surface area contributed by atoms with Crippen molar-refractivity contribution in [2.24, 2.45) is 0 Å². The third kappa shape index (κ3) is 5.41. The molecule has 0 heterocycles. The maximum atomic E-state index is 13.4. The van der Waals surface area contributed by atoms with Gasteiger partial charge in [-0.05, 0) is 42.8 Å². The van der Waals surface area contributed by atoms with E-state index in [9.17, 15) is 23.3 Å². The van der Waals surface area contributed by atoms with E-state index in [0.717, 1.165) is 4.31 Å². The van der Waals surface area contributed by atoms with Crippen LogP contribution in [0.5, 0.6) is 5.75 Å². The standard InChI is InChI=1S/C22H20ClN3O6S/c1-15-8-9-17(26(28)29)13-20(15)24-22(27)14-25(16-10-11-21(32-2)19(23)12-16)33(30,31)18-6-4-3-5-7-18/h3-13H,14H2,1-2H3,(H,24,27). The van der Waals surface area contributed by atoms with Crippen molar-refractivity contribution in [1.82, 2.24) is 0 Å². The minimum Gasteiger partial charge on any atom is -0.495 e. The Morgan fingerprint density at radius 2 is 1.82 bits per heavy atom. The van der Waals surface area contributed by atoms with Crippen LogP contribution in [0.3, 0.4) is 0 Å². The number of nitrogens with one attached hydrogen (secondary N) is 1. The summed E-state index contributed by atoms with van der Waals surface area (Å²) in [5.74, 6) is -0.348. The van der Waals surface area contributed by atoms with Gasteiger partial charge in [0.15, 0.2) is 0 Å². The number of hydrogen-bond acceptors (Lipinski definition) is 6. The number of non-ortho nitro benzene ring substituents is 1. The second kappa shape index (κ2) is 9.88. The smallest absolute Gasteiger partial charge is 0.271 e. The molecule has 0 atom stereocenters. The van der Waals surface area contributed by atoms with Crippen molar-refractivity contribution in [3.63, 3.8) is 0 Å². The number of methoxy groups -OCH3 is 1. The number of nitro groups is 1. The fourth-order valence-electron chi connectivity index (χ4n) is 3.02. The Kier molecular flexibility index (Phi) is 7.19. The molecule has 0 fully saturated rings. The van der Waals surface area contributed by atoms with Crippen molar-refractivity contribution in [2.75, 3.05) is 23.3 Å². The summed E-state index contributed by atoms with van der Waals surface area (Å²) in [6, 6.07) is 16.0. The summed E-state index contributed by atoms with van der Waals surface area (Å²) in [7, 11) is -2.72. The topological polar surface area (TPSA) is 119 Å². The molecule has 3 rings (SSSR count). The Morgan fingerprint density at radius 3 is 2.42 bits per heavy atom. The summed E-state index contributed by atoms with van der Waals surface area (Å²) in [4.78, 5) is 23.3. The summed E-state index contributed by atoms with van der Waals surface area (Å²) in [6.45, 7) is 1.07. The average molecular weight is 490 g/mol. The number of aryl methyl sites for hydroxylation is 1. The molecular formula is C22H20ClN3O6S. The number of amides is 1. The summed E-state index contributed by atoms with van der Waals surface area (Å²) in [5.41, 5.74) is 0.736. The van der Waals surface area contributed by atoms with Crippen LogP contribution in [0.4, 0.5) is 17.1 Å². The number of ether oxygens (including phenoxy) is 1. The van der Waals surface area contributed by atoms with E-state index in [4.69, 9.17) is 16.3 Å². The van der Waals surface area contributed by atoms with Gasteiger partial charge in [-0.2, -0.15) is 0 Å². The number of nitro benzene ring substituents is 1.